The number of carbonyl (C=O) groups is 2. The van der Waals surface area contributed by atoms with Crippen LogP contribution in [0, 0.1) is 6.92 Å². The quantitative estimate of drug-likeness (QED) is 0.602. The van der Waals surface area contributed by atoms with Crippen molar-refractivity contribution in [2.75, 3.05) is 5.32 Å². The number of amides is 2. The number of rotatable bonds is 6. The first kappa shape index (κ1) is 18.0. The van der Waals surface area contributed by atoms with E-state index >= 15 is 0 Å². The molecule has 2 rings (SSSR count). The van der Waals surface area contributed by atoms with Crippen LogP contribution < -0.4 is 10.7 Å². The Kier molecular flexibility index (Phi) is 6.40. The number of nitrogens with zero attached hydrogens (tertiary/aromatic N) is 1. The second-order valence-corrected chi connectivity index (χ2v) is 5.76. The van der Waals surface area contributed by atoms with Gasteiger partial charge in [-0.15, -0.1) is 0 Å². The zero-order valence-electron chi connectivity index (χ0n) is 12.8. The summed E-state index contributed by atoms with van der Waals surface area (Å²) >= 11 is 11.8. The number of hydrogen-bond acceptors (Lipinski definition) is 4. The van der Waals surface area contributed by atoms with E-state index in [-0.39, 0.29) is 24.7 Å². The van der Waals surface area contributed by atoms with E-state index in [2.05, 4.69) is 15.8 Å². The molecule has 1 heterocycles. The molecule has 0 aliphatic carbocycles. The van der Waals surface area contributed by atoms with Crippen LogP contribution in [-0.2, 0) is 9.59 Å². The SMILES string of the molecule is Cc1ccc(/C=N\NC(=O)CCC(=O)Nc2cc(Cl)ccc2Cl)o1. The molecule has 0 unspecified atom stereocenters. The van der Waals surface area contributed by atoms with Gasteiger partial charge in [-0.05, 0) is 37.3 Å². The smallest absolute Gasteiger partial charge is 0.240 e. The normalized spacial score (nSPS) is 10.8. The lowest BCUT2D eigenvalue weighted by molar-refractivity contribution is -0.124. The van der Waals surface area contributed by atoms with Crippen LogP contribution >= 0.6 is 23.2 Å². The lowest BCUT2D eigenvalue weighted by Crippen LogP contribution is -2.20. The molecular weight excluding hydrogens is 353 g/mol. The predicted molar refractivity (Wildman–Crippen MR) is 93.5 cm³/mol. The van der Waals surface area contributed by atoms with Crippen molar-refractivity contribution in [3.05, 3.63) is 51.9 Å². The largest absolute Gasteiger partial charge is 0.460 e. The summed E-state index contributed by atoms with van der Waals surface area (Å²) in [5.41, 5.74) is 2.73. The van der Waals surface area contributed by atoms with Gasteiger partial charge in [0.1, 0.15) is 11.5 Å². The van der Waals surface area contributed by atoms with Crippen molar-refractivity contribution in [1.82, 2.24) is 5.43 Å². The molecule has 0 bridgehead atoms. The molecule has 24 heavy (non-hydrogen) atoms. The first-order valence-corrected chi connectivity index (χ1v) is 7.83. The fourth-order valence-electron chi connectivity index (χ4n) is 1.78. The van der Waals surface area contributed by atoms with Crippen molar-refractivity contribution in [3.63, 3.8) is 0 Å². The van der Waals surface area contributed by atoms with E-state index in [1.807, 2.05) is 0 Å². The van der Waals surface area contributed by atoms with Crippen molar-refractivity contribution in [2.24, 2.45) is 5.10 Å². The van der Waals surface area contributed by atoms with Crippen molar-refractivity contribution in [1.29, 1.82) is 0 Å². The molecule has 0 fully saturated rings. The van der Waals surface area contributed by atoms with Gasteiger partial charge in [-0.1, -0.05) is 23.2 Å². The van der Waals surface area contributed by atoms with E-state index in [4.69, 9.17) is 27.6 Å². The lowest BCUT2D eigenvalue weighted by Gasteiger charge is -2.07. The van der Waals surface area contributed by atoms with Gasteiger partial charge in [-0.2, -0.15) is 5.10 Å². The van der Waals surface area contributed by atoms with E-state index in [9.17, 15) is 9.59 Å². The van der Waals surface area contributed by atoms with Gasteiger partial charge < -0.3 is 9.73 Å². The highest BCUT2D eigenvalue weighted by atomic mass is 35.5. The fourth-order valence-corrected chi connectivity index (χ4v) is 2.12. The molecule has 0 saturated heterocycles. The summed E-state index contributed by atoms with van der Waals surface area (Å²) in [6, 6.07) is 8.25. The van der Waals surface area contributed by atoms with Crippen LogP contribution in [0.15, 0.2) is 39.9 Å². The van der Waals surface area contributed by atoms with Gasteiger partial charge in [0, 0.05) is 17.9 Å². The number of hydrazone groups is 1. The topological polar surface area (TPSA) is 83.7 Å². The van der Waals surface area contributed by atoms with Gasteiger partial charge in [-0.25, -0.2) is 5.43 Å². The van der Waals surface area contributed by atoms with E-state index < -0.39 is 0 Å². The maximum absolute atomic E-state index is 11.8. The molecule has 0 aliphatic rings. The Morgan fingerprint density at radius 3 is 2.62 bits per heavy atom. The molecule has 2 amide bonds. The minimum absolute atomic E-state index is 0.00987. The number of halogens is 2. The highest BCUT2D eigenvalue weighted by molar-refractivity contribution is 6.35. The number of benzene rings is 1. The maximum atomic E-state index is 11.8. The third-order valence-corrected chi connectivity index (χ3v) is 3.49. The van der Waals surface area contributed by atoms with Crippen molar-refractivity contribution in [3.8, 4) is 0 Å². The second kappa shape index (κ2) is 8.52. The molecule has 8 heteroatoms. The summed E-state index contributed by atoms with van der Waals surface area (Å²) in [7, 11) is 0. The van der Waals surface area contributed by atoms with Gasteiger partial charge in [0.15, 0.2) is 0 Å². The van der Waals surface area contributed by atoms with E-state index in [1.165, 1.54) is 12.3 Å². The minimum Gasteiger partial charge on any atom is -0.460 e. The summed E-state index contributed by atoms with van der Waals surface area (Å²) in [6.07, 6.45) is 1.36. The predicted octanol–water partition coefficient (Wildman–Crippen LogP) is 3.76. The van der Waals surface area contributed by atoms with Gasteiger partial charge in [0.25, 0.3) is 0 Å². The monoisotopic (exact) mass is 367 g/mol. The Labute approximate surface area is 148 Å². The molecule has 0 radical (unpaired) electrons. The Morgan fingerprint density at radius 1 is 1.17 bits per heavy atom. The first-order valence-electron chi connectivity index (χ1n) is 7.07. The van der Waals surface area contributed by atoms with E-state index in [1.54, 1.807) is 31.2 Å². The molecule has 6 nitrogen and oxygen atoms in total. The Balaban J connectivity index is 1.75. The molecule has 1 aromatic carbocycles. The lowest BCUT2D eigenvalue weighted by atomic mass is 10.2. The number of aryl methyl sites for hydroxylation is 1. The van der Waals surface area contributed by atoms with Crippen LogP contribution in [0.2, 0.25) is 10.0 Å². The first-order chi connectivity index (χ1) is 11.4. The van der Waals surface area contributed by atoms with Gasteiger partial charge in [0.2, 0.25) is 11.8 Å². The van der Waals surface area contributed by atoms with Gasteiger partial charge in [-0.3, -0.25) is 9.59 Å². The van der Waals surface area contributed by atoms with Crippen molar-refractivity contribution >= 4 is 46.9 Å². The molecule has 0 aliphatic heterocycles. The van der Waals surface area contributed by atoms with Crippen LogP contribution in [0.25, 0.3) is 0 Å². The fraction of sp³-hybridized carbons (Fsp3) is 0.188. The minimum atomic E-state index is -0.387. The summed E-state index contributed by atoms with van der Waals surface area (Å²) in [4.78, 5) is 23.5. The van der Waals surface area contributed by atoms with Crippen LogP contribution in [0.4, 0.5) is 5.69 Å². The van der Waals surface area contributed by atoms with Crippen LogP contribution in [-0.4, -0.2) is 18.0 Å². The average Bonchev–Trinajstić information content (AvgIpc) is 2.94. The zero-order chi connectivity index (χ0) is 17.5. The van der Waals surface area contributed by atoms with Crippen LogP contribution in [0.1, 0.15) is 24.4 Å². The maximum Gasteiger partial charge on any atom is 0.240 e. The number of hydrogen-bond donors (Lipinski definition) is 2. The summed E-state index contributed by atoms with van der Waals surface area (Å²) < 4.78 is 5.26. The van der Waals surface area contributed by atoms with Gasteiger partial charge >= 0.3 is 0 Å². The van der Waals surface area contributed by atoms with Gasteiger partial charge in [0.05, 0.1) is 16.9 Å². The van der Waals surface area contributed by atoms with Crippen LogP contribution in [0.3, 0.4) is 0 Å². The van der Waals surface area contributed by atoms with Crippen molar-refractivity contribution in [2.45, 2.75) is 19.8 Å². The zero-order valence-corrected chi connectivity index (χ0v) is 14.3. The average molecular weight is 368 g/mol. The molecule has 2 aromatic rings. The Hall–Kier alpha value is -2.31. The van der Waals surface area contributed by atoms with Crippen molar-refractivity contribution < 1.29 is 14.0 Å². The third kappa shape index (κ3) is 5.72. The number of nitrogens with one attached hydrogen (secondary N) is 2. The molecule has 1 aromatic heterocycles. The Morgan fingerprint density at radius 2 is 1.92 bits per heavy atom. The number of carbonyl (C=O) groups excluding carboxylic acids is 2. The molecular formula is C16H15Cl2N3O3. The third-order valence-electron chi connectivity index (χ3n) is 2.92. The highest BCUT2D eigenvalue weighted by Gasteiger charge is 2.09. The molecule has 126 valence electrons. The molecule has 0 saturated carbocycles. The summed E-state index contributed by atoms with van der Waals surface area (Å²) in [6.45, 7) is 1.81. The standard InChI is InChI=1S/C16H15Cl2N3O3/c1-10-2-4-12(24-10)9-19-21-16(23)7-6-15(22)20-14-8-11(17)3-5-13(14)18/h2-5,8-9H,6-7H2,1H3,(H,20,22)(H,21,23)/b19-9-. The van der Waals surface area contributed by atoms with E-state index in [0.717, 1.165) is 5.76 Å². The number of anilines is 1. The molecule has 2 N–H and O–H groups in total. The molecule has 0 atom stereocenters. The van der Waals surface area contributed by atoms with Crippen LogP contribution in [0.5, 0.6) is 0 Å². The Bertz CT molecular complexity index is 772. The second-order valence-electron chi connectivity index (χ2n) is 4.91. The highest BCUT2D eigenvalue weighted by Crippen LogP contribution is 2.25. The number of furan rings is 1. The van der Waals surface area contributed by atoms with E-state index in [0.29, 0.717) is 21.5 Å². The summed E-state index contributed by atoms with van der Waals surface area (Å²) in [5.74, 6) is 0.544. The molecule has 0 spiro atoms. The summed E-state index contributed by atoms with van der Waals surface area (Å²) in [5, 5.41) is 7.18.